The van der Waals surface area contributed by atoms with Crippen LogP contribution in [-0.2, 0) is 16.1 Å². The summed E-state index contributed by atoms with van der Waals surface area (Å²) in [6.45, 7) is 1.68. The average molecular weight is 342 g/mol. The van der Waals surface area contributed by atoms with E-state index in [9.17, 15) is 9.59 Å². The molecule has 0 spiro atoms. The molecular formula is C19H22N2O4. The zero-order chi connectivity index (χ0) is 17.5. The van der Waals surface area contributed by atoms with Crippen molar-refractivity contribution in [2.75, 3.05) is 19.7 Å². The van der Waals surface area contributed by atoms with Crippen molar-refractivity contribution < 1.29 is 18.7 Å². The summed E-state index contributed by atoms with van der Waals surface area (Å²) < 4.78 is 10.6. The Morgan fingerprint density at radius 3 is 2.56 bits per heavy atom. The van der Waals surface area contributed by atoms with E-state index in [2.05, 4.69) is 5.32 Å². The minimum atomic E-state index is -0.119. The third kappa shape index (κ3) is 4.93. The lowest BCUT2D eigenvalue weighted by Gasteiger charge is -2.31. The quantitative estimate of drug-likeness (QED) is 0.874. The van der Waals surface area contributed by atoms with E-state index in [4.69, 9.17) is 9.15 Å². The number of nitrogens with one attached hydrogen (secondary N) is 1. The fraction of sp³-hybridized carbons (Fsp3) is 0.368. The normalized spacial score (nSPS) is 15.1. The van der Waals surface area contributed by atoms with Crippen molar-refractivity contribution in [2.45, 2.75) is 25.5 Å². The third-order valence-electron chi connectivity index (χ3n) is 4.22. The van der Waals surface area contributed by atoms with E-state index in [-0.39, 0.29) is 24.5 Å². The summed E-state index contributed by atoms with van der Waals surface area (Å²) in [6.07, 6.45) is 2.96. The van der Waals surface area contributed by atoms with Gasteiger partial charge in [-0.25, -0.2) is 0 Å². The Morgan fingerprint density at radius 1 is 1.12 bits per heavy atom. The van der Waals surface area contributed by atoms with E-state index in [1.165, 1.54) is 6.26 Å². The largest absolute Gasteiger partial charge is 0.459 e. The van der Waals surface area contributed by atoms with E-state index < -0.39 is 0 Å². The second kappa shape index (κ2) is 8.48. The lowest BCUT2D eigenvalue weighted by molar-refractivity contribution is -0.127. The first kappa shape index (κ1) is 17.2. The second-order valence-corrected chi connectivity index (χ2v) is 6.09. The smallest absolute Gasteiger partial charge is 0.289 e. The molecule has 1 aliphatic rings. The summed E-state index contributed by atoms with van der Waals surface area (Å²) in [7, 11) is 0. The Bertz CT molecular complexity index is 677. The number of hydrogen-bond donors (Lipinski definition) is 1. The zero-order valence-electron chi connectivity index (χ0n) is 14.0. The number of likely N-dealkylation sites (tertiary alicyclic amines) is 1. The van der Waals surface area contributed by atoms with Crippen LogP contribution in [0, 0.1) is 0 Å². The molecule has 6 nitrogen and oxygen atoms in total. The molecule has 1 saturated heterocycles. The number of furan rings is 1. The first-order valence-corrected chi connectivity index (χ1v) is 8.46. The lowest BCUT2D eigenvalue weighted by Crippen LogP contribution is -2.47. The van der Waals surface area contributed by atoms with Crippen molar-refractivity contribution >= 4 is 11.8 Å². The first-order valence-electron chi connectivity index (χ1n) is 8.46. The lowest BCUT2D eigenvalue weighted by atomic mass is 10.0. The van der Waals surface area contributed by atoms with Crippen molar-refractivity contribution in [2.24, 2.45) is 0 Å². The number of ether oxygens (including phenoxy) is 1. The maximum Gasteiger partial charge on any atom is 0.289 e. The Hall–Kier alpha value is -2.60. The highest BCUT2D eigenvalue weighted by Gasteiger charge is 2.25. The van der Waals surface area contributed by atoms with Crippen LogP contribution in [0.3, 0.4) is 0 Å². The fourth-order valence-electron chi connectivity index (χ4n) is 2.89. The molecule has 1 fully saturated rings. The molecule has 0 atom stereocenters. The number of carbonyl (C=O) groups excluding carboxylic acids is 2. The summed E-state index contributed by atoms with van der Waals surface area (Å²) >= 11 is 0. The summed E-state index contributed by atoms with van der Waals surface area (Å²) in [6, 6.07) is 13.2. The second-order valence-electron chi connectivity index (χ2n) is 6.09. The summed E-state index contributed by atoms with van der Waals surface area (Å²) in [5.74, 6) is 0.143. The van der Waals surface area contributed by atoms with Gasteiger partial charge in [0.25, 0.3) is 5.91 Å². The van der Waals surface area contributed by atoms with E-state index in [0.717, 1.165) is 18.4 Å². The van der Waals surface area contributed by atoms with Gasteiger partial charge in [0, 0.05) is 19.1 Å². The monoisotopic (exact) mass is 342 g/mol. The van der Waals surface area contributed by atoms with E-state index in [0.29, 0.717) is 25.5 Å². The number of carbonyl (C=O) groups is 2. The van der Waals surface area contributed by atoms with Gasteiger partial charge in [0.05, 0.1) is 12.9 Å². The van der Waals surface area contributed by atoms with Gasteiger partial charge in [-0.2, -0.15) is 0 Å². The predicted molar refractivity (Wildman–Crippen MR) is 91.9 cm³/mol. The van der Waals surface area contributed by atoms with Gasteiger partial charge in [-0.3, -0.25) is 9.59 Å². The molecule has 0 bridgehead atoms. The van der Waals surface area contributed by atoms with Gasteiger partial charge < -0.3 is 19.4 Å². The van der Waals surface area contributed by atoms with Crippen LogP contribution in [0.2, 0.25) is 0 Å². The van der Waals surface area contributed by atoms with Crippen LogP contribution in [-0.4, -0.2) is 42.5 Å². The van der Waals surface area contributed by atoms with E-state index in [1.54, 1.807) is 17.0 Å². The molecule has 1 aromatic heterocycles. The van der Waals surface area contributed by atoms with Gasteiger partial charge in [-0.1, -0.05) is 30.3 Å². The molecule has 2 heterocycles. The molecule has 1 aliphatic heterocycles. The van der Waals surface area contributed by atoms with Crippen LogP contribution < -0.4 is 5.32 Å². The van der Waals surface area contributed by atoms with Crippen LogP contribution in [0.4, 0.5) is 0 Å². The maximum absolute atomic E-state index is 12.2. The summed E-state index contributed by atoms with van der Waals surface area (Å²) in [5, 5.41) is 2.97. The Labute approximate surface area is 146 Å². The molecule has 0 radical (unpaired) electrons. The van der Waals surface area contributed by atoms with Gasteiger partial charge in [-0.05, 0) is 30.5 Å². The predicted octanol–water partition coefficient (Wildman–Crippen LogP) is 2.22. The van der Waals surface area contributed by atoms with Gasteiger partial charge in [0.1, 0.15) is 6.61 Å². The highest BCUT2D eigenvalue weighted by molar-refractivity contribution is 5.91. The molecule has 0 aliphatic carbocycles. The fourth-order valence-corrected chi connectivity index (χ4v) is 2.89. The number of amides is 2. The number of hydrogen-bond acceptors (Lipinski definition) is 4. The zero-order valence-corrected chi connectivity index (χ0v) is 14.0. The Morgan fingerprint density at radius 2 is 1.88 bits per heavy atom. The van der Waals surface area contributed by atoms with Crippen LogP contribution in [0.15, 0.2) is 53.1 Å². The SMILES string of the molecule is O=C(COCc1ccccc1)NC1CCN(C(=O)c2ccco2)CC1. The molecule has 2 amide bonds. The topological polar surface area (TPSA) is 71.8 Å². The van der Waals surface area contributed by atoms with Crippen LogP contribution in [0.1, 0.15) is 29.0 Å². The molecular weight excluding hydrogens is 320 g/mol. The molecule has 0 saturated carbocycles. The summed E-state index contributed by atoms with van der Waals surface area (Å²) in [5.41, 5.74) is 1.04. The standard InChI is InChI=1S/C19H22N2O4/c22-18(14-24-13-15-5-2-1-3-6-15)20-16-8-10-21(11-9-16)19(23)17-7-4-12-25-17/h1-7,12,16H,8-11,13-14H2,(H,20,22). The number of benzene rings is 1. The average Bonchev–Trinajstić information content (AvgIpc) is 3.17. The third-order valence-corrected chi connectivity index (χ3v) is 4.22. The summed E-state index contributed by atoms with van der Waals surface area (Å²) in [4.78, 5) is 25.9. The van der Waals surface area contributed by atoms with E-state index in [1.807, 2.05) is 30.3 Å². The molecule has 0 unspecified atom stereocenters. The number of nitrogens with zero attached hydrogens (tertiary/aromatic N) is 1. The Kier molecular flexibility index (Phi) is 5.85. The highest BCUT2D eigenvalue weighted by Crippen LogP contribution is 2.14. The molecule has 3 rings (SSSR count). The molecule has 6 heteroatoms. The van der Waals surface area contributed by atoms with Crippen molar-refractivity contribution in [1.82, 2.24) is 10.2 Å². The van der Waals surface area contributed by atoms with Gasteiger partial charge in [0.2, 0.25) is 5.91 Å². The minimum absolute atomic E-state index is 0.0421. The Balaban J connectivity index is 1.35. The van der Waals surface area contributed by atoms with Crippen LogP contribution in [0.25, 0.3) is 0 Å². The van der Waals surface area contributed by atoms with Crippen molar-refractivity contribution in [1.29, 1.82) is 0 Å². The van der Waals surface area contributed by atoms with Crippen molar-refractivity contribution in [3.8, 4) is 0 Å². The van der Waals surface area contributed by atoms with Gasteiger partial charge in [-0.15, -0.1) is 0 Å². The number of rotatable bonds is 6. The van der Waals surface area contributed by atoms with Crippen LogP contribution >= 0.6 is 0 Å². The number of piperidine rings is 1. The molecule has 1 aromatic carbocycles. The van der Waals surface area contributed by atoms with Crippen molar-refractivity contribution in [3.63, 3.8) is 0 Å². The maximum atomic E-state index is 12.2. The molecule has 132 valence electrons. The highest BCUT2D eigenvalue weighted by atomic mass is 16.5. The first-order chi connectivity index (χ1) is 12.2. The molecule has 25 heavy (non-hydrogen) atoms. The minimum Gasteiger partial charge on any atom is -0.459 e. The van der Waals surface area contributed by atoms with Crippen LogP contribution in [0.5, 0.6) is 0 Å². The van der Waals surface area contributed by atoms with Gasteiger partial charge in [0.15, 0.2) is 5.76 Å². The van der Waals surface area contributed by atoms with Crippen molar-refractivity contribution in [3.05, 3.63) is 60.1 Å². The molecule has 1 N–H and O–H groups in total. The van der Waals surface area contributed by atoms with Gasteiger partial charge >= 0.3 is 0 Å². The molecule has 2 aromatic rings. The van der Waals surface area contributed by atoms with E-state index >= 15 is 0 Å².